The number of halogens is 7. The maximum Gasteiger partial charge on any atom is 0.416 e. The Kier molecular flexibility index (Phi) is 7.51. The van der Waals surface area contributed by atoms with E-state index in [0.29, 0.717) is 28.3 Å². The van der Waals surface area contributed by atoms with Crippen LogP contribution >= 0.6 is 11.6 Å². The lowest BCUT2D eigenvalue weighted by Gasteiger charge is -2.27. The van der Waals surface area contributed by atoms with E-state index >= 15 is 0 Å². The maximum atomic E-state index is 13.9. The summed E-state index contributed by atoms with van der Waals surface area (Å²) in [4.78, 5) is 19.2. The number of hydrogen-bond acceptors (Lipinski definition) is 5. The molecular formula is C27H20ClF6N5O2. The fourth-order valence-corrected chi connectivity index (χ4v) is 5.12. The second-order valence-corrected chi connectivity index (χ2v) is 9.82. The van der Waals surface area contributed by atoms with E-state index < -0.39 is 48.1 Å². The van der Waals surface area contributed by atoms with E-state index in [2.05, 4.69) is 15.3 Å². The molecule has 0 bridgehead atoms. The number of aliphatic hydroxyl groups excluding tert-OH is 1. The number of aromatic nitrogens is 4. The number of amides is 1. The number of rotatable bonds is 5. The third-order valence-corrected chi connectivity index (χ3v) is 7.07. The van der Waals surface area contributed by atoms with Gasteiger partial charge in [0, 0.05) is 29.5 Å². The molecule has 0 radical (unpaired) electrons. The molecule has 3 heterocycles. The zero-order chi connectivity index (χ0) is 29.5. The van der Waals surface area contributed by atoms with Gasteiger partial charge in [0.15, 0.2) is 5.69 Å². The maximum absolute atomic E-state index is 13.9. The van der Waals surface area contributed by atoms with Crippen LogP contribution in [0.1, 0.15) is 45.2 Å². The lowest BCUT2D eigenvalue weighted by Crippen LogP contribution is -2.34. The van der Waals surface area contributed by atoms with Gasteiger partial charge in [-0.1, -0.05) is 35.0 Å². The van der Waals surface area contributed by atoms with Crippen LogP contribution in [0.5, 0.6) is 0 Å². The highest BCUT2D eigenvalue weighted by atomic mass is 35.5. The molecule has 2 atom stereocenters. The molecule has 0 unspecified atom stereocenters. The van der Waals surface area contributed by atoms with Crippen molar-refractivity contribution in [2.45, 2.75) is 37.5 Å². The number of pyridine rings is 1. The first kappa shape index (κ1) is 28.6. The van der Waals surface area contributed by atoms with E-state index in [1.807, 2.05) is 0 Å². The number of carbonyl (C=O) groups excluding carboxylic acids is 1. The zero-order valence-electron chi connectivity index (χ0n) is 20.9. The Morgan fingerprint density at radius 1 is 0.976 bits per heavy atom. The van der Waals surface area contributed by atoms with Gasteiger partial charge in [0.25, 0.3) is 5.91 Å². The lowest BCUT2D eigenvalue weighted by molar-refractivity contribution is -0.143. The van der Waals surface area contributed by atoms with Crippen LogP contribution in [-0.4, -0.2) is 48.5 Å². The largest absolute Gasteiger partial charge is 0.416 e. The number of likely N-dealkylation sites (tertiary alicyclic amines) is 1. The minimum atomic E-state index is -5.03. The fraction of sp³-hybridized carbons (Fsp3) is 0.259. The molecule has 214 valence electrons. The summed E-state index contributed by atoms with van der Waals surface area (Å²) in [6.45, 7) is -0.414. The predicted octanol–water partition coefficient (Wildman–Crippen LogP) is 6.03. The molecule has 14 heteroatoms. The zero-order valence-corrected chi connectivity index (χ0v) is 21.6. The van der Waals surface area contributed by atoms with Crippen molar-refractivity contribution in [3.8, 4) is 11.3 Å². The summed E-state index contributed by atoms with van der Waals surface area (Å²) in [5, 5.41) is 19.0. The fourth-order valence-electron chi connectivity index (χ4n) is 4.88. The van der Waals surface area contributed by atoms with Crippen molar-refractivity contribution in [2.75, 3.05) is 6.54 Å². The first-order valence-corrected chi connectivity index (χ1v) is 12.6. The summed E-state index contributed by atoms with van der Waals surface area (Å²) in [6.07, 6.45) is -7.96. The molecule has 5 rings (SSSR count). The average molecular weight is 596 g/mol. The van der Waals surface area contributed by atoms with Crippen LogP contribution in [-0.2, 0) is 18.9 Å². The predicted molar refractivity (Wildman–Crippen MR) is 135 cm³/mol. The summed E-state index contributed by atoms with van der Waals surface area (Å²) in [7, 11) is 0. The van der Waals surface area contributed by atoms with E-state index in [0.717, 1.165) is 4.68 Å². The summed E-state index contributed by atoms with van der Waals surface area (Å²) < 4.78 is 81.8. The van der Waals surface area contributed by atoms with E-state index in [1.54, 1.807) is 24.3 Å². The van der Waals surface area contributed by atoms with Gasteiger partial charge in [-0.2, -0.15) is 26.3 Å². The molecule has 1 N–H and O–H groups in total. The average Bonchev–Trinajstić information content (AvgIpc) is 3.51. The topological polar surface area (TPSA) is 84.1 Å². The van der Waals surface area contributed by atoms with Crippen molar-refractivity contribution in [1.29, 1.82) is 0 Å². The number of benzene rings is 2. The van der Waals surface area contributed by atoms with Crippen molar-refractivity contribution in [3.63, 3.8) is 0 Å². The Morgan fingerprint density at radius 3 is 2.22 bits per heavy atom. The van der Waals surface area contributed by atoms with Crippen molar-refractivity contribution in [3.05, 3.63) is 100.0 Å². The van der Waals surface area contributed by atoms with Gasteiger partial charge in [-0.3, -0.25) is 9.78 Å². The molecule has 2 aromatic heterocycles. The third-order valence-electron chi connectivity index (χ3n) is 6.72. The quantitative estimate of drug-likeness (QED) is 0.285. The van der Waals surface area contributed by atoms with Gasteiger partial charge in [-0.05, 0) is 53.9 Å². The molecule has 4 aromatic rings. The van der Waals surface area contributed by atoms with Gasteiger partial charge >= 0.3 is 12.4 Å². The molecule has 0 aliphatic carbocycles. The molecule has 0 spiro atoms. The van der Waals surface area contributed by atoms with E-state index in [-0.39, 0.29) is 36.0 Å². The van der Waals surface area contributed by atoms with Crippen LogP contribution in [0.25, 0.3) is 11.3 Å². The molecule has 1 saturated heterocycles. The lowest BCUT2D eigenvalue weighted by atomic mass is 10.0. The highest BCUT2D eigenvalue weighted by molar-refractivity contribution is 6.31. The van der Waals surface area contributed by atoms with E-state index in [1.165, 1.54) is 29.4 Å². The number of alkyl halides is 6. The van der Waals surface area contributed by atoms with Crippen LogP contribution in [0.4, 0.5) is 26.3 Å². The van der Waals surface area contributed by atoms with Gasteiger partial charge in [-0.25, -0.2) is 4.68 Å². The van der Waals surface area contributed by atoms with Crippen molar-refractivity contribution in [1.82, 2.24) is 24.9 Å². The summed E-state index contributed by atoms with van der Waals surface area (Å²) >= 11 is 6.35. The highest BCUT2D eigenvalue weighted by Gasteiger charge is 2.41. The van der Waals surface area contributed by atoms with Crippen LogP contribution in [0.15, 0.2) is 67.0 Å². The molecule has 2 aromatic carbocycles. The smallest absolute Gasteiger partial charge is 0.391 e. The Balaban J connectivity index is 1.59. The number of aliphatic hydroxyl groups is 1. The highest BCUT2D eigenvalue weighted by Crippen LogP contribution is 2.39. The minimum Gasteiger partial charge on any atom is -0.391 e. The van der Waals surface area contributed by atoms with Crippen LogP contribution in [0, 0.1) is 0 Å². The SMILES string of the molecule is O=C(c1nnn(Cc2cc(C(F)(F)F)cc(C(F)(F)F)c2)c1-c1ccncc1)N1CC[C@H](O)[C@H]1c1ccccc1Cl. The van der Waals surface area contributed by atoms with Crippen molar-refractivity contribution in [2.24, 2.45) is 0 Å². The van der Waals surface area contributed by atoms with Crippen LogP contribution in [0.2, 0.25) is 5.02 Å². The van der Waals surface area contributed by atoms with E-state index in [9.17, 15) is 36.2 Å². The van der Waals surface area contributed by atoms with Crippen LogP contribution in [0.3, 0.4) is 0 Å². The summed E-state index contributed by atoms with van der Waals surface area (Å²) in [6, 6.07) is 10.1. The van der Waals surface area contributed by atoms with E-state index in [4.69, 9.17) is 11.6 Å². The van der Waals surface area contributed by atoms with Gasteiger partial charge in [0.2, 0.25) is 0 Å². The standard InChI is InChI=1S/C27H20ClF6N5O2/c28-20-4-2-1-3-19(20)24-21(40)7-10-38(24)25(41)22-23(16-5-8-35-9-6-16)39(37-36-22)14-15-11-17(26(29,30)31)13-18(12-15)27(32,33)34/h1-6,8-9,11-13,21,24,40H,7,10,14H2/t21-,24+/m0/s1. The molecule has 1 aliphatic rings. The Bertz CT molecular complexity index is 1540. The first-order valence-electron chi connectivity index (χ1n) is 12.2. The van der Waals surface area contributed by atoms with Gasteiger partial charge in [0.05, 0.1) is 29.8 Å². The number of carbonyl (C=O) groups is 1. The molecule has 7 nitrogen and oxygen atoms in total. The Hall–Kier alpha value is -3.97. The minimum absolute atomic E-state index is 0.0388. The summed E-state index contributed by atoms with van der Waals surface area (Å²) in [5.41, 5.74) is -2.58. The van der Waals surface area contributed by atoms with Crippen molar-refractivity contribution < 1.29 is 36.2 Å². The van der Waals surface area contributed by atoms with Gasteiger partial charge in [0.1, 0.15) is 5.69 Å². The van der Waals surface area contributed by atoms with Crippen molar-refractivity contribution >= 4 is 17.5 Å². The molecular weight excluding hydrogens is 576 g/mol. The summed E-state index contributed by atoms with van der Waals surface area (Å²) in [5.74, 6) is -0.649. The van der Waals surface area contributed by atoms with Crippen LogP contribution < -0.4 is 0 Å². The molecule has 1 fully saturated rings. The van der Waals surface area contributed by atoms with Gasteiger partial charge < -0.3 is 10.0 Å². The Morgan fingerprint density at radius 2 is 1.61 bits per heavy atom. The van der Waals surface area contributed by atoms with Gasteiger partial charge in [-0.15, -0.1) is 5.10 Å². The number of hydrogen-bond donors (Lipinski definition) is 1. The Labute approximate surface area is 234 Å². The normalized spacial score (nSPS) is 17.7. The molecule has 1 aliphatic heterocycles. The molecule has 41 heavy (non-hydrogen) atoms. The second kappa shape index (κ2) is 10.8. The molecule has 0 saturated carbocycles. The first-order chi connectivity index (χ1) is 19.3. The second-order valence-electron chi connectivity index (χ2n) is 9.42. The molecule has 1 amide bonds. The number of nitrogens with zero attached hydrogens (tertiary/aromatic N) is 5. The monoisotopic (exact) mass is 595 g/mol. The third kappa shape index (κ3) is 5.77.